The Bertz CT molecular complexity index is 964. The lowest BCUT2D eigenvalue weighted by Gasteiger charge is -2.18. The van der Waals surface area contributed by atoms with Gasteiger partial charge in [-0.1, -0.05) is 291 Å². The number of rotatable bonds is 53. The van der Waals surface area contributed by atoms with Crippen molar-refractivity contribution >= 4 is 17.9 Å². The van der Waals surface area contributed by atoms with Crippen molar-refractivity contribution in [3.05, 3.63) is 0 Å². The van der Waals surface area contributed by atoms with Crippen molar-refractivity contribution in [3.63, 3.8) is 0 Å². The number of hydrogen-bond acceptors (Lipinski definition) is 6. The third kappa shape index (κ3) is 51.4. The van der Waals surface area contributed by atoms with Crippen LogP contribution in [-0.4, -0.2) is 37.2 Å². The summed E-state index contributed by atoms with van der Waals surface area (Å²) in [5, 5.41) is 0. The van der Waals surface area contributed by atoms with Gasteiger partial charge in [0.2, 0.25) is 0 Å². The number of ether oxygens (including phenoxy) is 3. The van der Waals surface area contributed by atoms with Gasteiger partial charge in [0.15, 0.2) is 6.10 Å². The fourth-order valence-electron chi connectivity index (χ4n) is 8.92. The molecule has 0 aliphatic carbocycles. The highest BCUT2D eigenvalue weighted by atomic mass is 16.6. The van der Waals surface area contributed by atoms with Crippen LogP contribution in [0.25, 0.3) is 0 Å². The molecule has 0 aromatic heterocycles. The fraction of sp³-hybridized carbons (Fsp3) is 0.948. The topological polar surface area (TPSA) is 78.9 Å². The second-order valence-electron chi connectivity index (χ2n) is 20.4. The highest BCUT2D eigenvalue weighted by Gasteiger charge is 2.19. The standard InChI is InChI=1S/C58H112O6/c1-5-7-9-11-13-15-17-19-21-23-25-26-28-30-32-37-41-45-49-56(59)62-52-55(53-63-57(60)50-46-42-38-35-34-36-40-44-48-54(3)4)64-58(61)51-47-43-39-33-31-29-27-24-22-20-18-16-14-12-10-8-6-2/h54-55H,5-53H2,1-4H3/t55-/m0/s1. The summed E-state index contributed by atoms with van der Waals surface area (Å²) in [5.74, 6) is -0.0421. The SMILES string of the molecule is CCCCCCCCCCCCCCCCCCCCC(=O)OC[C@@H](COC(=O)CCCCCCCCCCC(C)C)OC(=O)CCCCCCCCCCCCCCCCCCC. The molecule has 6 nitrogen and oxygen atoms in total. The van der Waals surface area contributed by atoms with Crippen LogP contribution in [0.5, 0.6) is 0 Å². The summed E-state index contributed by atoms with van der Waals surface area (Å²) in [5.41, 5.74) is 0. The Morgan fingerprint density at radius 2 is 0.516 bits per heavy atom. The van der Waals surface area contributed by atoms with Crippen LogP contribution in [0.4, 0.5) is 0 Å². The number of unbranched alkanes of at least 4 members (excludes halogenated alkanes) is 40. The van der Waals surface area contributed by atoms with E-state index < -0.39 is 6.10 Å². The van der Waals surface area contributed by atoms with E-state index in [0.29, 0.717) is 19.3 Å². The Morgan fingerprint density at radius 1 is 0.297 bits per heavy atom. The largest absolute Gasteiger partial charge is 0.462 e. The number of hydrogen-bond donors (Lipinski definition) is 0. The Hall–Kier alpha value is -1.59. The molecule has 0 saturated carbocycles. The lowest BCUT2D eigenvalue weighted by atomic mass is 10.0. The van der Waals surface area contributed by atoms with Gasteiger partial charge >= 0.3 is 17.9 Å². The third-order valence-electron chi connectivity index (χ3n) is 13.3. The Labute approximate surface area is 399 Å². The van der Waals surface area contributed by atoms with Gasteiger partial charge in [-0.3, -0.25) is 14.4 Å². The van der Waals surface area contributed by atoms with Crippen molar-refractivity contribution < 1.29 is 28.6 Å². The van der Waals surface area contributed by atoms with Gasteiger partial charge in [0, 0.05) is 19.3 Å². The first kappa shape index (κ1) is 62.4. The molecule has 0 bridgehead atoms. The van der Waals surface area contributed by atoms with E-state index in [0.717, 1.165) is 63.7 Å². The van der Waals surface area contributed by atoms with Crippen molar-refractivity contribution in [2.45, 2.75) is 336 Å². The van der Waals surface area contributed by atoms with Gasteiger partial charge in [0.05, 0.1) is 0 Å². The molecule has 6 heteroatoms. The zero-order chi connectivity index (χ0) is 46.7. The summed E-state index contributed by atoms with van der Waals surface area (Å²) in [6.45, 7) is 9.02. The molecule has 0 unspecified atom stereocenters. The van der Waals surface area contributed by atoms with E-state index in [9.17, 15) is 14.4 Å². The zero-order valence-electron chi connectivity index (χ0n) is 43.8. The van der Waals surface area contributed by atoms with Crippen LogP contribution in [0.2, 0.25) is 0 Å². The molecule has 0 spiro atoms. The molecule has 0 heterocycles. The van der Waals surface area contributed by atoms with Crippen molar-refractivity contribution in [1.82, 2.24) is 0 Å². The van der Waals surface area contributed by atoms with E-state index >= 15 is 0 Å². The molecular weight excluding hydrogens is 793 g/mol. The highest BCUT2D eigenvalue weighted by Crippen LogP contribution is 2.18. The molecule has 0 aromatic carbocycles. The summed E-state index contributed by atoms with van der Waals surface area (Å²) < 4.78 is 16.9. The first-order valence-corrected chi connectivity index (χ1v) is 28.9. The maximum absolute atomic E-state index is 12.8. The molecular formula is C58H112O6. The molecule has 0 aliphatic rings. The third-order valence-corrected chi connectivity index (χ3v) is 13.3. The molecule has 0 aromatic rings. The molecule has 0 saturated heterocycles. The Kier molecular flexibility index (Phi) is 51.1. The predicted molar refractivity (Wildman–Crippen MR) is 275 cm³/mol. The molecule has 0 rings (SSSR count). The smallest absolute Gasteiger partial charge is 0.306 e. The fourth-order valence-corrected chi connectivity index (χ4v) is 8.92. The zero-order valence-corrected chi connectivity index (χ0v) is 43.8. The van der Waals surface area contributed by atoms with E-state index in [-0.39, 0.29) is 31.1 Å². The van der Waals surface area contributed by atoms with Crippen molar-refractivity contribution in [2.24, 2.45) is 5.92 Å². The lowest BCUT2D eigenvalue weighted by Crippen LogP contribution is -2.30. The van der Waals surface area contributed by atoms with Crippen LogP contribution in [0, 0.1) is 5.92 Å². The van der Waals surface area contributed by atoms with Crippen LogP contribution in [0.1, 0.15) is 329 Å². The number of carbonyl (C=O) groups is 3. The maximum Gasteiger partial charge on any atom is 0.306 e. The Morgan fingerprint density at radius 3 is 0.766 bits per heavy atom. The molecule has 0 aliphatic heterocycles. The van der Waals surface area contributed by atoms with E-state index in [1.165, 1.54) is 225 Å². The first-order chi connectivity index (χ1) is 31.4. The molecule has 380 valence electrons. The van der Waals surface area contributed by atoms with Crippen molar-refractivity contribution in [3.8, 4) is 0 Å². The quantitative estimate of drug-likeness (QED) is 0.0344. The van der Waals surface area contributed by atoms with Gasteiger partial charge < -0.3 is 14.2 Å². The van der Waals surface area contributed by atoms with E-state index in [2.05, 4.69) is 27.7 Å². The highest BCUT2D eigenvalue weighted by molar-refractivity contribution is 5.71. The van der Waals surface area contributed by atoms with E-state index in [1.807, 2.05) is 0 Å². The van der Waals surface area contributed by atoms with Crippen molar-refractivity contribution in [2.75, 3.05) is 13.2 Å². The Balaban J connectivity index is 4.25. The second-order valence-corrected chi connectivity index (χ2v) is 20.4. The van der Waals surface area contributed by atoms with Gasteiger partial charge in [-0.25, -0.2) is 0 Å². The summed E-state index contributed by atoms with van der Waals surface area (Å²) in [6.07, 6.45) is 56.7. The average Bonchev–Trinajstić information content (AvgIpc) is 3.28. The van der Waals surface area contributed by atoms with Gasteiger partial charge in [-0.05, 0) is 25.2 Å². The minimum atomic E-state index is -0.762. The normalized spacial score (nSPS) is 12.0. The molecule has 1 atom stereocenters. The minimum absolute atomic E-state index is 0.0624. The lowest BCUT2D eigenvalue weighted by molar-refractivity contribution is -0.167. The average molecular weight is 906 g/mol. The van der Waals surface area contributed by atoms with E-state index in [1.54, 1.807) is 0 Å². The van der Waals surface area contributed by atoms with Crippen LogP contribution in [-0.2, 0) is 28.6 Å². The van der Waals surface area contributed by atoms with Gasteiger partial charge in [-0.15, -0.1) is 0 Å². The van der Waals surface area contributed by atoms with Gasteiger partial charge in [-0.2, -0.15) is 0 Å². The minimum Gasteiger partial charge on any atom is -0.462 e. The van der Waals surface area contributed by atoms with Crippen LogP contribution >= 0.6 is 0 Å². The van der Waals surface area contributed by atoms with E-state index in [4.69, 9.17) is 14.2 Å². The first-order valence-electron chi connectivity index (χ1n) is 28.9. The van der Waals surface area contributed by atoms with Crippen LogP contribution < -0.4 is 0 Å². The second kappa shape index (κ2) is 52.4. The monoisotopic (exact) mass is 905 g/mol. The van der Waals surface area contributed by atoms with Crippen LogP contribution in [0.15, 0.2) is 0 Å². The molecule has 0 fully saturated rings. The summed E-state index contributed by atoms with van der Waals surface area (Å²) >= 11 is 0. The van der Waals surface area contributed by atoms with Crippen LogP contribution in [0.3, 0.4) is 0 Å². The number of esters is 3. The summed E-state index contributed by atoms with van der Waals surface area (Å²) in [6, 6.07) is 0. The predicted octanol–water partition coefficient (Wildman–Crippen LogP) is 19.0. The molecule has 0 amide bonds. The van der Waals surface area contributed by atoms with Crippen molar-refractivity contribution in [1.29, 1.82) is 0 Å². The van der Waals surface area contributed by atoms with Gasteiger partial charge in [0.25, 0.3) is 0 Å². The maximum atomic E-state index is 12.8. The number of carbonyl (C=O) groups excluding carboxylic acids is 3. The molecule has 64 heavy (non-hydrogen) atoms. The summed E-state index contributed by atoms with van der Waals surface area (Å²) in [4.78, 5) is 38.1. The summed E-state index contributed by atoms with van der Waals surface area (Å²) in [7, 11) is 0. The molecule has 0 radical (unpaired) electrons. The molecule has 0 N–H and O–H groups in total. The van der Waals surface area contributed by atoms with Gasteiger partial charge in [0.1, 0.15) is 13.2 Å².